The lowest BCUT2D eigenvalue weighted by atomic mass is 9.90. The van der Waals surface area contributed by atoms with Gasteiger partial charge < -0.3 is 18.8 Å². The summed E-state index contributed by atoms with van der Waals surface area (Å²) in [5.41, 5.74) is 4.23. The number of amides is 2. The van der Waals surface area contributed by atoms with E-state index in [2.05, 4.69) is 35.8 Å². The van der Waals surface area contributed by atoms with E-state index in [1.807, 2.05) is 71.5 Å². The van der Waals surface area contributed by atoms with E-state index < -0.39 is 0 Å². The Morgan fingerprint density at radius 1 is 0.925 bits per heavy atom. The molecule has 1 aliphatic rings. The number of aryl methyl sites for hydroxylation is 1. The molecule has 5 rings (SSSR count). The second kappa shape index (κ2) is 12.9. The average molecular weight is 538 g/mol. The number of hydrogen-bond donors (Lipinski definition) is 0. The van der Waals surface area contributed by atoms with E-state index in [1.165, 1.54) is 5.56 Å². The number of nitrogens with zero attached hydrogens (tertiary/aromatic N) is 3. The molecule has 2 aromatic carbocycles. The monoisotopic (exact) mass is 537 g/mol. The van der Waals surface area contributed by atoms with E-state index in [1.54, 1.807) is 6.07 Å². The predicted molar refractivity (Wildman–Crippen MR) is 157 cm³/mol. The first-order chi connectivity index (χ1) is 19.5. The first kappa shape index (κ1) is 27.5. The van der Waals surface area contributed by atoms with Gasteiger partial charge in [-0.15, -0.1) is 0 Å². The quantitative estimate of drug-likeness (QED) is 0.229. The Balaban J connectivity index is 1.18. The van der Waals surface area contributed by atoms with Crippen LogP contribution in [-0.4, -0.2) is 45.8 Å². The summed E-state index contributed by atoms with van der Waals surface area (Å²) in [7, 11) is 0. The van der Waals surface area contributed by atoms with Crippen molar-refractivity contribution in [3.63, 3.8) is 0 Å². The average Bonchev–Trinajstić information content (AvgIpc) is 3.63. The van der Waals surface area contributed by atoms with Crippen LogP contribution in [-0.2, 0) is 19.5 Å². The molecule has 1 aliphatic heterocycles. The topological polar surface area (TPSA) is 58.7 Å². The normalized spacial score (nSPS) is 13.9. The molecule has 4 aromatic rings. The zero-order valence-electron chi connectivity index (χ0n) is 23.6. The third kappa shape index (κ3) is 6.74. The van der Waals surface area contributed by atoms with Gasteiger partial charge in [0.2, 0.25) is 0 Å². The molecule has 0 atom stereocenters. The molecule has 6 nitrogen and oxygen atoms in total. The summed E-state index contributed by atoms with van der Waals surface area (Å²) in [5.74, 6) is 1.73. The minimum atomic E-state index is -0.0324. The summed E-state index contributed by atoms with van der Waals surface area (Å²) in [6.07, 6.45) is 5.97. The minimum absolute atomic E-state index is 0.0324. The fourth-order valence-electron chi connectivity index (χ4n) is 5.53. The second-order valence-corrected chi connectivity index (χ2v) is 10.9. The number of aromatic nitrogens is 1. The molecule has 0 unspecified atom stereocenters. The molecule has 0 N–H and O–H groups in total. The standard InChI is InChI=1S/C34H39N3O3/c1-3-19-37(33(38)29-13-11-26(2)12-14-29)24-30-10-7-20-36(30)25-31-15-16-32(40-31)34(39)35-21-17-28(18-22-35)23-27-8-5-4-6-9-27/h4-16,20,28H,3,17-19,21-25H2,1-2H3. The van der Waals surface area contributed by atoms with E-state index >= 15 is 0 Å². The third-order valence-electron chi connectivity index (χ3n) is 7.82. The number of hydrogen-bond acceptors (Lipinski definition) is 3. The summed E-state index contributed by atoms with van der Waals surface area (Å²) in [6.45, 7) is 7.33. The molecule has 2 amide bonds. The van der Waals surface area contributed by atoms with Gasteiger partial charge >= 0.3 is 0 Å². The van der Waals surface area contributed by atoms with Crippen LogP contribution in [0.3, 0.4) is 0 Å². The van der Waals surface area contributed by atoms with Crippen LogP contribution in [0.15, 0.2) is 89.5 Å². The largest absolute Gasteiger partial charge is 0.454 e. The number of carbonyl (C=O) groups is 2. The van der Waals surface area contributed by atoms with Crippen LogP contribution in [0, 0.1) is 12.8 Å². The van der Waals surface area contributed by atoms with Crippen molar-refractivity contribution in [1.82, 2.24) is 14.4 Å². The van der Waals surface area contributed by atoms with Gasteiger partial charge in [0.1, 0.15) is 5.76 Å². The molecule has 40 heavy (non-hydrogen) atoms. The highest BCUT2D eigenvalue weighted by Gasteiger charge is 2.26. The van der Waals surface area contributed by atoms with Crippen molar-refractivity contribution in [3.05, 3.63) is 119 Å². The van der Waals surface area contributed by atoms with Crippen LogP contribution in [0.4, 0.5) is 0 Å². The molecule has 6 heteroatoms. The lowest BCUT2D eigenvalue weighted by molar-refractivity contribution is 0.0655. The summed E-state index contributed by atoms with van der Waals surface area (Å²) >= 11 is 0. The van der Waals surface area contributed by atoms with Gasteiger partial charge in [-0.1, -0.05) is 55.0 Å². The number of rotatable bonds is 10. The van der Waals surface area contributed by atoms with Gasteiger partial charge in [-0.3, -0.25) is 9.59 Å². The maximum atomic E-state index is 13.2. The van der Waals surface area contributed by atoms with Crippen LogP contribution in [0.2, 0.25) is 0 Å². The minimum Gasteiger partial charge on any atom is -0.454 e. The lowest BCUT2D eigenvalue weighted by Crippen LogP contribution is -2.38. The van der Waals surface area contributed by atoms with E-state index in [-0.39, 0.29) is 11.8 Å². The van der Waals surface area contributed by atoms with E-state index in [4.69, 9.17) is 4.42 Å². The van der Waals surface area contributed by atoms with Crippen molar-refractivity contribution in [2.45, 2.75) is 52.6 Å². The Morgan fingerprint density at radius 2 is 1.68 bits per heavy atom. The molecule has 0 saturated carbocycles. The van der Waals surface area contributed by atoms with Crippen LogP contribution in [0.25, 0.3) is 0 Å². The number of carbonyl (C=O) groups excluding carboxylic acids is 2. The first-order valence-corrected chi connectivity index (χ1v) is 14.4. The Bertz CT molecular complexity index is 1400. The molecule has 0 radical (unpaired) electrons. The third-order valence-corrected chi connectivity index (χ3v) is 7.82. The van der Waals surface area contributed by atoms with Gasteiger partial charge in [0.05, 0.1) is 13.1 Å². The Kier molecular flexibility index (Phi) is 8.84. The molecule has 3 heterocycles. The maximum absolute atomic E-state index is 13.2. The van der Waals surface area contributed by atoms with E-state index in [9.17, 15) is 9.59 Å². The SMILES string of the molecule is CCCN(Cc1cccn1Cc1ccc(C(=O)N2CCC(Cc3ccccc3)CC2)o1)C(=O)c1ccc(C)cc1. The number of piperidine rings is 1. The van der Waals surface area contributed by atoms with Gasteiger partial charge in [-0.2, -0.15) is 0 Å². The van der Waals surface area contributed by atoms with Crippen molar-refractivity contribution >= 4 is 11.8 Å². The maximum Gasteiger partial charge on any atom is 0.289 e. The Morgan fingerprint density at radius 3 is 2.40 bits per heavy atom. The van der Waals surface area contributed by atoms with Gasteiger partial charge in [0, 0.05) is 37.1 Å². The van der Waals surface area contributed by atoms with E-state index in [0.29, 0.717) is 36.9 Å². The molecule has 2 aromatic heterocycles. The molecular formula is C34H39N3O3. The highest BCUT2D eigenvalue weighted by Crippen LogP contribution is 2.24. The summed E-state index contributed by atoms with van der Waals surface area (Å²) in [5, 5.41) is 0. The van der Waals surface area contributed by atoms with Crippen molar-refractivity contribution < 1.29 is 14.0 Å². The van der Waals surface area contributed by atoms with Gasteiger partial charge in [-0.05, 0) is 80.5 Å². The second-order valence-electron chi connectivity index (χ2n) is 10.9. The Labute approximate surface area is 237 Å². The fraction of sp³-hybridized carbons (Fsp3) is 0.353. The van der Waals surface area contributed by atoms with Gasteiger partial charge in [0.15, 0.2) is 5.76 Å². The first-order valence-electron chi connectivity index (χ1n) is 14.4. The highest BCUT2D eigenvalue weighted by molar-refractivity contribution is 5.94. The lowest BCUT2D eigenvalue weighted by Gasteiger charge is -2.31. The van der Waals surface area contributed by atoms with Crippen molar-refractivity contribution in [1.29, 1.82) is 0 Å². The smallest absolute Gasteiger partial charge is 0.289 e. The van der Waals surface area contributed by atoms with Crippen LogP contribution < -0.4 is 0 Å². The van der Waals surface area contributed by atoms with Crippen molar-refractivity contribution in [2.75, 3.05) is 19.6 Å². The number of benzene rings is 2. The molecule has 0 bridgehead atoms. The van der Waals surface area contributed by atoms with Gasteiger partial charge in [-0.25, -0.2) is 0 Å². The summed E-state index contributed by atoms with van der Waals surface area (Å²) in [6, 6.07) is 26.0. The highest BCUT2D eigenvalue weighted by atomic mass is 16.4. The number of furan rings is 1. The van der Waals surface area contributed by atoms with Gasteiger partial charge in [0.25, 0.3) is 11.8 Å². The molecule has 208 valence electrons. The van der Waals surface area contributed by atoms with Crippen molar-refractivity contribution in [3.8, 4) is 0 Å². The van der Waals surface area contributed by atoms with Crippen LogP contribution in [0.1, 0.15) is 69.7 Å². The summed E-state index contributed by atoms with van der Waals surface area (Å²) < 4.78 is 8.13. The molecule has 1 saturated heterocycles. The van der Waals surface area contributed by atoms with Crippen LogP contribution >= 0.6 is 0 Å². The van der Waals surface area contributed by atoms with Crippen molar-refractivity contribution in [2.24, 2.45) is 5.92 Å². The Hall–Kier alpha value is -4.06. The van der Waals surface area contributed by atoms with Crippen LogP contribution in [0.5, 0.6) is 0 Å². The molecule has 0 spiro atoms. The summed E-state index contributed by atoms with van der Waals surface area (Å²) in [4.78, 5) is 30.2. The molecule has 1 fully saturated rings. The zero-order valence-corrected chi connectivity index (χ0v) is 23.6. The molecular weight excluding hydrogens is 498 g/mol. The fourth-order valence-corrected chi connectivity index (χ4v) is 5.53. The predicted octanol–water partition coefficient (Wildman–Crippen LogP) is 6.59. The zero-order chi connectivity index (χ0) is 27.9. The number of likely N-dealkylation sites (tertiary alicyclic amines) is 1. The van der Waals surface area contributed by atoms with E-state index in [0.717, 1.165) is 55.8 Å². The molecule has 0 aliphatic carbocycles.